The molecular formula is C15H19FN4. The van der Waals surface area contributed by atoms with Gasteiger partial charge in [-0.3, -0.25) is 0 Å². The molecule has 0 amide bonds. The van der Waals surface area contributed by atoms with E-state index < -0.39 is 0 Å². The summed E-state index contributed by atoms with van der Waals surface area (Å²) in [6.07, 6.45) is 0. The van der Waals surface area contributed by atoms with Gasteiger partial charge in [-0.05, 0) is 24.6 Å². The van der Waals surface area contributed by atoms with E-state index in [1.54, 1.807) is 18.2 Å². The van der Waals surface area contributed by atoms with Crippen LogP contribution in [0.25, 0.3) is 0 Å². The van der Waals surface area contributed by atoms with Crippen LogP contribution in [0.3, 0.4) is 0 Å². The zero-order chi connectivity index (χ0) is 14.9. The Hall–Kier alpha value is -2.17. The van der Waals surface area contributed by atoms with Crippen LogP contribution in [0, 0.1) is 12.7 Å². The summed E-state index contributed by atoms with van der Waals surface area (Å²) in [7, 11) is 0. The second kappa shape index (κ2) is 5.07. The maximum atomic E-state index is 13.8. The van der Waals surface area contributed by atoms with Crippen LogP contribution in [0.4, 0.5) is 21.7 Å². The first-order chi connectivity index (χ1) is 9.25. The van der Waals surface area contributed by atoms with E-state index in [0.717, 1.165) is 5.56 Å². The molecule has 0 saturated carbocycles. The lowest BCUT2D eigenvalue weighted by atomic mass is 9.96. The summed E-state index contributed by atoms with van der Waals surface area (Å²) in [6, 6.07) is 6.46. The van der Waals surface area contributed by atoms with Crippen molar-refractivity contribution in [2.75, 3.05) is 11.1 Å². The van der Waals surface area contributed by atoms with Crippen molar-refractivity contribution < 1.29 is 4.39 Å². The fourth-order valence-electron chi connectivity index (χ4n) is 1.74. The molecule has 3 N–H and O–H groups in total. The third-order valence-electron chi connectivity index (χ3n) is 2.80. The first kappa shape index (κ1) is 14.2. The minimum absolute atomic E-state index is 0.225. The van der Waals surface area contributed by atoms with E-state index in [9.17, 15) is 4.39 Å². The molecule has 20 heavy (non-hydrogen) atoms. The van der Waals surface area contributed by atoms with Gasteiger partial charge >= 0.3 is 0 Å². The van der Waals surface area contributed by atoms with E-state index in [1.165, 1.54) is 6.07 Å². The number of nitrogens with zero attached hydrogens (tertiary/aromatic N) is 2. The molecule has 1 heterocycles. The Labute approximate surface area is 118 Å². The lowest BCUT2D eigenvalue weighted by molar-refractivity contribution is 0.547. The predicted molar refractivity (Wildman–Crippen MR) is 79.6 cm³/mol. The highest BCUT2D eigenvalue weighted by Crippen LogP contribution is 2.24. The number of anilines is 3. The number of halogens is 1. The fraction of sp³-hybridized carbons (Fsp3) is 0.333. The minimum atomic E-state index is -0.329. The minimum Gasteiger partial charge on any atom is -0.384 e. The molecule has 0 radical (unpaired) electrons. The Kier molecular flexibility index (Phi) is 3.61. The molecule has 0 bridgehead atoms. The molecule has 2 aromatic rings. The SMILES string of the molecule is Cc1ccc(F)c(Nc2cc(N)nc(C(C)(C)C)n2)c1. The lowest BCUT2D eigenvalue weighted by Crippen LogP contribution is -2.17. The Morgan fingerprint density at radius 3 is 2.50 bits per heavy atom. The molecule has 1 aromatic carbocycles. The number of benzene rings is 1. The number of hydrogen-bond acceptors (Lipinski definition) is 4. The van der Waals surface area contributed by atoms with Crippen molar-refractivity contribution in [1.29, 1.82) is 0 Å². The van der Waals surface area contributed by atoms with E-state index >= 15 is 0 Å². The number of aryl methyl sites for hydroxylation is 1. The quantitative estimate of drug-likeness (QED) is 0.879. The predicted octanol–water partition coefficient (Wildman–Crippen LogP) is 3.55. The van der Waals surface area contributed by atoms with Gasteiger partial charge in [-0.25, -0.2) is 14.4 Å². The number of hydrogen-bond donors (Lipinski definition) is 2. The highest BCUT2D eigenvalue weighted by atomic mass is 19.1. The number of nitrogen functional groups attached to an aromatic ring is 1. The van der Waals surface area contributed by atoms with Crippen molar-refractivity contribution >= 4 is 17.3 Å². The van der Waals surface area contributed by atoms with Crippen LogP contribution >= 0.6 is 0 Å². The zero-order valence-corrected chi connectivity index (χ0v) is 12.2. The van der Waals surface area contributed by atoms with Gasteiger partial charge in [-0.2, -0.15) is 0 Å². The second-order valence-corrected chi connectivity index (χ2v) is 5.86. The molecular weight excluding hydrogens is 255 g/mol. The monoisotopic (exact) mass is 274 g/mol. The summed E-state index contributed by atoms with van der Waals surface area (Å²) >= 11 is 0. The number of nitrogens with two attached hydrogens (primary N) is 1. The molecule has 2 rings (SSSR count). The van der Waals surface area contributed by atoms with Gasteiger partial charge in [0.05, 0.1) is 5.69 Å². The smallest absolute Gasteiger partial charge is 0.146 e. The number of aromatic nitrogens is 2. The summed E-state index contributed by atoms with van der Waals surface area (Å²) < 4.78 is 13.8. The number of nitrogens with one attached hydrogen (secondary N) is 1. The Morgan fingerprint density at radius 1 is 1.15 bits per heavy atom. The Balaban J connectivity index is 2.39. The molecule has 4 nitrogen and oxygen atoms in total. The summed E-state index contributed by atoms with van der Waals surface area (Å²) in [5.74, 6) is 1.14. The third-order valence-corrected chi connectivity index (χ3v) is 2.80. The van der Waals surface area contributed by atoms with E-state index in [4.69, 9.17) is 5.73 Å². The Morgan fingerprint density at radius 2 is 1.85 bits per heavy atom. The van der Waals surface area contributed by atoms with Crippen molar-refractivity contribution in [3.8, 4) is 0 Å². The summed E-state index contributed by atoms with van der Waals surface area (Å²) in [5.41, 5.74) is 6.91. The van der Waals surface area contributed by atoms with Crippen LogP contribution in [0.1, 0.15) is 32.2 Å². The molecule has 5 heteroatoms. The normalized spacial score (nSPS) is 11.4. The first-order valence-corrected chi connectivity index (χ1v) is 6.44. The maximum Gasteiger partial charge on any atom is 0.146 e. The van der Waals surface area contributed by atoms with Crippen molar-refractivity contribution in [3.63, 3.8) is 0 Å². The van der Waals surface area contributed by atoms with E-state index in [2.05, 4.69) is 15.3 Å². The van der Waals surface area contributed by atoms with Gasteiger partial charge in [-0.15, -0.1) is 0 Å². The Bertz CT molecular complexity index is 632. The molecule has 0 fully saturated rings. The third kappa shape index (κ3) is 3.23. The van der Waals surface area contributed by atoms with Crippen molar-refractivity contribution in [3.05, 3.63) is 41.5 Å². The van der Waals surface area contributed by atoms with E-state index in [1.807, 2.05) is 27.7 Å². The zero-order valence-electron chi connectivity index (χ0n) is 12.2. The van der Waals surface area contributed by atoms with Crippen molar-refractivity contribution in [2.24, 2.45) is 0 Å². The molecule has 0 saturated heterocycles. The van der Waals surface area contributed by atoms with Gasteiger partial charge in [0.15, 0.2) is 0 Å². The first-order valence-electron chi connectivity index (χ1n) is 6.44. The van der Waals surface area contributed by atoms with Crippen molar-refractivity contribution in [2.45, 2.75) is 33.1 Å². The molecule has 0 spiro atoms. The highest BCUT2D eigenvalue weighted by Gasteiger charge is 2.19. The fourth-order valence-corrected chi connectivity index (χ4v) is 1.74. The topological polar surface area (TPSA) is 63.8 Å². The molecule has 0 aliphatic carbocycles. The van der Waals surface area contributed by atoms with Gasteiger partial charge in [-0.1, -0.05) is 26.8 Å². The van der Waals surface area contributed by atoms with Crippen molar-refractivity contribution in [1.82, 2.24) is 9.97 Å². The van der Waals surface area contributed by atoms with Crippen LogP contribution in [-0.4, -0.2) is 9.97 Å². The largest absolute Gasteiger partial charge is 0.384 e. The molecule has 0 unspecified atom stereocenters. The van der Waals surface area contributed by atoms with E-state index in [-0.39, 0.29) is 11.2 Å². The molecule has 1 aromatic heterocycles. The second-order valence-electron chi connectivity index (χ2n) is 5.86. The van der Waals surface area contributed by atoms with Crippen LogP contribution in [0.5, 0.6) is 0 Å². The summed E-state index contributed by atoms with van der Waals surface area (Å²) in [5, 5.41) is 2.96. The van der Waals surface area contributed by atoms with Gasteiger partial charge in [0.2, 0.25) is 0 Å². The standard InChI is InChI=1S/C15H19FN4/c1-9-5-6-10(16)11(7-9)18-13-8-12(17)19-14(20-13)15(2,3)4/h5-8H,1-4H3,(H3,17,18,19,20). The average molecular weight is 274 g/mol. The lowest BCUT2D eigenvalue weighted by Gasteiger charge is -2.18. The van der Waals surface area contributed by atoms with E-state index in [0.29, 0.717) is 23.1 Å². The van der Waals surface area contributed by atoms with Gasteiger partial charge in [0.1, 0.15) is 23.3 Å². The molecule has 0 aliphatic rings. The highest BCUT2D eigenvalue weighted by molar-refractivity contribution is 5.60. The van der Waals surface area contributed by atoms with Gasteiger partial charge in [0, 0.05) is 11.5 Å². The molecule has 0 atom stereocenters. The van der Waals surface area contributed by atoms with Gasteiger partial charge in [0.25, 0.3) is 0 Å². The summed E-state index contributed by atoms with van der Waals surface area (Å²) in [6.45, 7) is 7.90. The van der Waals surface area contributed by atoms with Gasteiger partial charge < -0.3 is 11.1 Å². The summed E-state index contributed by atoms with van der Waals surface area (Å²) in [4.78, 5) is 8.62. The van der Waals surface area contributed by atoms with Crippen LogP contribution in [0.15, 0.2) is 24.3 Å². The van der Waals surface area contributed by atoms with Crippen LogP contribution in [-0.2, 0) is 5.41 Å². The number of rotatable bonds is 2. The maximum absolute atomic E-state index is 13.8. The molecule has 106 valence electrons. The van der Waals surface area contributed by atoms with Crippen LogP contribution in [0.2, 0.25) is 0 Å². The van der Waals surface area contributed by atoms with Crippen LogP contribution < -0.4 is 11.1 Å². The average Bonchev–Trinajstić information content (AvgIpc) is 2.32. The molecule has 0 aliphatic heterocycles.